The first-order valence-corrected chi connectivity index (χ1v) is 5.01. The fraction of sp³-hybridized carbons (Fsp3) is 0.455. The second kappa shape index (κ2) is 2.89. The predicted molar refractivity (Wildman–Crippen MR) is 52.4 cm³/mol. The van der Waals surface area contributed by atoms with Gasteiger partial charge in [0.15, 0.2) is 11.5 Å². The molecule has 0 radical (unpaired) electrons. The van der Waals surface area contributed by atoms with Crippen molar-refractivity contribution in [1.82, 2.24) is 4.90 Å². The van der Waals surface area contributed by atoms with E-state index in [-0.39, 0.29) is 0 Å². The third kappa shape index (κ3) is 1.02. The molecule has 0 fully saturated rings. The van der Waals surface area contributed by atoms with Crippen molar-refractivity contribution in [2.24, 2.45) is 0 Å². The van der Waals surface area contributed by atoms with Gasteiger partial charge in [-0.1, -0.05) is 13.0 Å². The molecule has 0 amide bonds. The zero-order chi connectivity index (χ0) is 9.54. The third-order valence-electron chi connectivity index (χ3n) is 2.96. The van der Waals surface area contributed by atoms with Gasteiger partial charge < -0.3 is 9.47 Å². The van der Waals surface area contributed by atoms with E-state index in [0.29, 0.717) is 6.79 Å². The highest BCUT2D eigenvalue weighted by Crippen LogP contribution is 2.41. The molecular weight excluding hydrogens is 178 g/mol. The lowest BCUT2D eigenvalue weighted by atomic mass is 10.1. The number of rotatable bonds is 1. The van der Waals surface area contributed by atoms with Gasteiger partial charge in [0.05, 0.1) is 0 Å². The molecule has 3 rings (SSSR count). The van der Waals surface area contributed by atoms with Crippen molar-refractivity contribution in [1.29, 1.82) is 0 Å². The second-order valence-electron chi connectivity index (χ2n) is 3.74. The highest BCUT2D eigenvalue weighted by atomic mass is 16.7. The molecule has 0 aromatic heterocycles. The van der Waals surface area contributed by atoms with Gasteiger partial charge in [-0.05, 0) is 18.2 Å². The Morgan fingerprint density at radius 2 is 2.21 bits per heavy atom. The van der Waals surface area contributed by atoms with Gasteiger partial charge in [0.2, 0.25) is 6.79 Å². The molecule has 0 atom stereocenters. The summed E-state index contributed by atoms with van der Waals surface area (Å²) >= 11 is 0. The summed E-state index contributed by atoms with van der Waals surface area (Å²) in [6.45, 7) is 5.69. The van der Waals surface area contributed by atoms with Gasteiger partial charge in [-0.25, -0.2) is 0 Å². The van der Waals surface area contributed by atoms with Crippen molar-refractivity contribution >= 4 is 0 Å². The zero-order valence-electron chi connectivity index (χ0n) is 8.25. The van der Waals surface area contributed by atoms with Crippen LogP contribution in [0.5, 0.6) is 11.5 Å². The Kier molecular flexibility index (Phi) is 1.67. The molecule has 0 unspecified atom stereocenters. The Hall–Kier alpha value is -1.22. The Bertz CT molecular complexity index is 376. The van der Waals surface area contributed by atoms with Gasteiger partial charge in [0, 0.05) is 18.7 Å². The molecule has 0 N–H and O–H groups in total. The number of hydrogen-bond donors (Lipinski definition) is 0. The lowest BCUT2D eigenvalue weighted by Crippen LogP contribution is -2.14. The molecule has 74 valence electrons. The lowest BCUT2D eigenvalue weighted by Gasteiger charge is -2.09. The van der Waals surface area contributed by atoms with Crippen LogP contribution in [0.3, 0.4) is 0 Å². The van der Waals surface area contributed by atoms with Crippen LogP contribution in [0.15, 0.2) is 12.1 Å². The van der Waals surface area contributed by atoms with Crippen LogP contribution in [0.25, 0.3) is 0 Å². The highest BCUT2D eigenvalue weighted by molar-refractivity contribution is 5.53. The van der Waals surface area contributed by atoms with E-state index < -0.39 is 0 Å². The Balaban J connectivity index is 2.05. The van der Waals surface area contributed by atoms with E-state index in [1.54, 1.807) is 0 Å². The van der Waals surface area contributed by atoms with Crippen molar-refractivity contribution in [2.45, 2.75) is 20.0 Å². The minimum Gasteiger partial charge on any atom is -0.454 e. The van der Waals surface area contributed by atoms with E-state index in [9.17, 15) is 0 Å². The van der Waals surface area contributed by atoms with E-state index in [1.165, 1.54) is 11.1 Å². The maximum Gasteiger partial charge on any atom is 0.231 e. The normalized spacial score (nSPS) is 18.6. The SMILES string of the molecule is CCN1Cc2ccc3c(c2C1)OCO3. The van der Waals surface area contributed by atoms with Crippen LogP contribution in [0, 0.1) is 0 Å². The number of hydrogen-bond acceptors (Lipinski definition) is 3. The van der Waals surface area contributed by atoms with E-state index >= 15 is 0 Å². The van der Waals surface area contributed by atoms with Crippen LogP contribution in [0.4, 0.5) is 0 Å². The van der Waals surface area contributed by atoms with Crippen LogP contribution >= 0.6 is 0 Å². The molecule has 14 heavy (non-hydrogen) atoms. The first-order chi connectivity index (χ1) is 6.88. The maximum atomic E-state index is 5.49. The van der Waals surface area contributed by atoms with Crippen LogP contribution < -0.4 is 9.47 Å². The molecule has 2 heterocycles. The molecule has 1 aromatic rings. The predicted octanol–water partition coefficient (Wildman–Crippen LogP) is 1.75. The summed E-state index contributed by atoms with van der Waals surface area (Å²) in [4.78, 5) is 2.40. The fourth-order valence-corrected chi connectivity index (χ4v) is 2.14. The third-order valence-corrected chi connectivity index (χ3v) is 2.96. The van der Waals surface area contributed by atoms with Crippen molar-refractivity contribution in [3.8, 4) is 11.5 Å². The molecule has 0 saturated heterocycles. The molecule has 2 aliphatic rings. The van der Waals surface area contributed by atoms with E-state index in [1.807, 2.05) is 6.07 Å². The number of benzene rings is 1. The smallest absolute Gasteiger partial charge is 0.231 e. The van der Waals surface area contributed by atoms with Crippen molar-refractivity contribution in [2.75, 3.05) is 13.3 Å². The lowest BCUT2D eigenvalue weighted by molar-refractivity contribution is 0.172. The summed E-state index contributed by atoms with van der Waals surface area (Å²) in [6.07, 6.45) is 0. The van der Waals surface area contributed by atoms with Crippen LogP contribution in [-0.4, -0.2) is 18.2 Å². The monoisotopic (exact) mass is 191 g/mol. The number of nitrogens with zero attached hydrogens (tertiary/aromatic N) is 1. The van der Waals surface area contributed by atoms with Gasteiger partial charge in [0.25, 0.3) is 0 Å². The second-order valence-corrected chi connectivity index (χ2v) is 3.74. The van der Waals surface area contributed by atoms with E-state index in [0.717, 1.165) is 31.1 Å². The summed E-state index contributed by atoms with van der Waals surface area (Å²) in [5.41, 5.74) is 2.71. The van der Waals surface area contributed by atoms with Crippen LogP contribution in [-0.2, 0) is 13.1 Å². The molecule has 1 aromatic carbocycles. The molecule has 0 bridgehead atoms. The number of fused-ring (bicyclic) bond motifs is 3. The maximum absolute atomic E-state index is 5.49. The summed E-state index contributed by atoms with van der Waals surface area (Å²) in [6, 6.07) is 4.17. The van der Waals surface area contributed by atoms with Gasteiger partial charge >= 0.3 is 0 Å². The van der Waals surface area contributed by atoms with Gasteiger partial charge in [0.1, 0.15) is 0 Å². The van der Waals surface area contributed by atoms with Crippen LogP contribution in [0.2, 0.25) is 0 Å². The average Bonchev–Trinajstić information content (AvgIpc) is 2.82. The molecule has 2 aliphatic heterocycles. The quantitative estimate of drug-likeness (QED) is 0.675. The average molecular weight is 191 g/mol. The zero-order valence-corrected chi connectivity index (χ0v) is 8.25. The van der Waals surface area contributed by atoms with Gasteiger partial charge in [-0.3, -0.25) is 4.90 Å². The summed E-state index contributed by atoms with van der Waals surface area (Å²) in [5, 5.41) is 0. The van der Waals surface area contributed by atoms with Crippen molar-refractivity contribution < 1.29 is 9.47 Å². The molecule has 0 spiro atoms. The minimum absolute atomic E-state index is 0.373. The largest absolute Gasteiger partial charge is 0.454 e. The first kappa shape index (κ1) is 8.12. The number of ether oxygens (including phenoxy) is 2. The summed E-state index contributed by atoms with van der Waals surface area (Å²) < 4.78 is 10.8. The molecule has 3 heteroatoms. The fourth-order valence-electron chi connectivity index (χ4n) is 2.14. The first-order valence-electron chi connectivity index (χ1n) is 5.01. The van der Waals surface area contributed by atoms with E-state index in [2.05, 4.69) is 17.9 Å². The highest BCUT2D eigenvalue weighted by Gasteiger charge is 2.26. The Labute approximate surface area is 83.2 Å². The van der Waals surface area contributed by atoms with Crippen LogP contribution in [0.1, 0.15) is 18.1 Å². The molecule has 0 aliphatic carbocycles. The standard InChI is InChI=1S/C11H13NO2/c1-2-12-5-8-3-4-10-11(9(8)6-12)14-7-13-10/h3-4H,2,5-7H2,1H3. The minimum atomic E-state index is 0.373. The van der Waals surface area contributed by atoms with Gasteiger partial charge in [-0.15, -0.1) is 0 Å². The molecular formula is C11H13NO2. The molecule has 0 saturated carbocycles. The topological polar surface area (TPSA) is 21.7 Å². The Morgan fingerprint density at radius 1 is 1.29 bits per heavy atom. The summed E-state index contributed by atoms with van der Waals surface area (Å²) in [5.74, 6) is 1.88. The summed E-state index contributed by atoms with van der Waals surface area (Å²) in [7, 11) is 0. The van der Waals surface area contributed by atoms with Crippen molar-refractivity contribution in [3.05, 3.63) is 23.3 Å². The van der Waals surface area contributed by atoms with Gasteiger partial charge in [-0.2, -0.15) is 0 Å². The van der Waals surface area contributed by atoms with Crippen molar-refractivity contribution in [3.63, 3.8) is 0 Å². The molecule has 3 nitrogen and oxygen atoms in total. The van der Waals surface area contributed by atoms with E-state index in [4.69, 9.17) is 9.47 Å². The Morgan fingerprint density at radius 3 is 3.07 bits per heavy atom.